The van der Waals surface area contributed by atoms with E-state index in [1.165, 1.54) is 6.20 Å². The van der Waals surface area contributed by atoms with Gasteiger partial charge in [0.1, 0.15) is 0 Å². The van der Waals surface area contributed by atoms with Crippen molar-refractivity contribution in [3.8, 4) is 0 Å². The zero-order chi connectivity index (χ0) is 8.97. The number of carboxylic acid groups (broad SMARTS) is 1. The molecule has 68 valence electrons. The Hall–Kier alpha value is -1.03. The standard InChI is InChI=1S/C8H13NO3/c1-6-7(3-5-12-6)9-4-2-8(10)11/h2,4,6-7,9H,3,5H2,1H3,(H,10,11)/b4-2+. The first-order chi connectivity index (χ1) is 5.70. The van der Waals surface area contributed by atoms with Gasteiger partial charge in [0, 0.05) is 18.9 Å². The number of hydrogen-bond donors (Lipinski definition) is 2. The Morgan fingerprint density at radius 2 is 2.50 bits per heavy atom. The maximum atomic E-state index is 10.1. The lowest BCUT2D eigenvalue weighted by atomic mass is 10.2. The van der Waals surface area contributed by atoms with E-state index in [1.807, 2.05) is 6.92 Å². The summed E-state index contributed by atoms with van der Waals surface area (Å²) >= 11 is 0. The SMILES string of the molecule is CC1OCCC1N/C=C/C(=O)O. The van der Waals surface area contributed by atoms with Gasteiger partial charge >= 0.3 is 5.97 Å². The second kappa shape index (κ2) is 4.11. The number of aliphatic carboxylic acids is 1. The van der Waals surface area contributed by atoms with Gasteiger partial charge < -0.3 is 15.2 Å². The predicted molar refractivity (Wildman–Crippen MR) is 43.7 cm³/mol. The molecule has 1 heterocycles. The number of ether oxygens (including phenoxy) is 1. The van der Waals surface area contributed by atoms with E-state index < -0.39 is 5.97 Å². The van der Waals surface area contributed by atoms with Crippen LogP contribution in [0, 0.1) is 0 Å². The topological polar surface area (TPSA) is 58.6 Å². The highest BCUT2D eigenvalue weighted by Crippen LogP contribution is 2.11. The Balaban J connectivity index is 2.26. The lowest BCUT2D eigenvalue weighted by Gasteiger charge is -2.13. The van der Waals surface area contributed by atoms with E-state index >= 15 is 0 Å². The Morgan fingerprint density at radius 1 is 1.75 bits per heavy atom. The van der Waals surface area contributed by atoms with Crippen LogP contribution in [0.3, 0.4) is 0 Å². The fraction of sp³-hybridized carbons (Fsp3) is 0.625. The zero-order valence-corrected chi connectivity index (χ0v) is 6.99. The number of nitrogens with one attached hydrogen (secondary N) is 1. The third-order valence-electron chi connectivity index (χ3n) is 1.91. The second-order valence-corrected chi connectivity index (χ2v) is 2.81. The van der Waals surface area contributed by atoms with Gasteiger partial charge in [0.05, 0.1) is 12.1 Å². The number of carbonyl (C=O) groups is 1. The van der Waals surface area contributed by atoms with Gasteiger partial charge in [-0.05, 0) is 13.3 Å². The van der Waals surface area contributed by atoms with Gasteiger partial charge in [-0.1, -0.05) is 0 Å². The average Bonchev–Trinajstić information content (AvgIpc) is 2.36. The van der Waals surface area contributed by atoms with Gasteiger partial charge in [0.25, 0.3) is 0 Å². The van der Waals surface area contributed by atoms with Gasteiger partial charge in [-0.25, -0.2) is 4.79 Å². The van der Waals surface area contributed by atoms with Gasteiger partial charge in [0.2, 0.25) is 0 Å². The maximum absolute atomic E-state index is 10.1. The van der Waals surface area contributed by atoms with Crippen LogP contribution in [0.2, 0.25) is 0 Å². The van der Waals surface area contributed by atoms with Crippen LogP contribution in [-0.4, -0.2) is 29.8 Å². The molecule has 2 N–H and O–H groups in total. The first-order valence-electron chi connectivity index (χ1n) is 3.97. The molecule has 0 aromatic carbocycles. The van der Waals surface area contributed by atoms with Crippen molar-refractivity contribution >= 4 is 5.97 Å². The molecule has 0 amide bonds. The van der Waals surface area contributed by atoms with Crippen molar-refractivity contribution < 1.29 is 14.6 Å². The summed E-state index contributed by atoms with van der Waals surface area (Å²) in [5.74, 6) is -0.936. The van der Waals surface area contributed by atoms with E-state index in [4.69, 9.17) is 9.84 Å². The van der Waals surface area contributed by atoms with Crippen LogP contribution in [0.15, 0.2) is 12.3 Å². The van der Waals surface area contributed by atoms with Crippen LogP contribution in [-0.2, 0) is 9.53 Å². The van der Waals surface area contributed by atoms with Crippen LogP contribution in [0.1, 0.15) is 13.3 Å². The molecule has 0 aromatic heterocycles. The molecule has 1 rings (SSSR count). The van der Waals surface area contributed by atoms with Crippen molar-refractivity contribution in [1.29, 1.82) is 0 Å². The van der Waals surface area contributed by atoms with Crippen molar-refractivity contribution in [2.45, 2.75) is 25.5 Å². The van der Waals surface area contributed by atoms with Crippen LogP contribution >= 0.6 is 0 Å². The molecule has 2 atom stereocenters. The zero-order valence-electron chi connectivity index (χ0n) is 6.99. The van der Waals surface area contributed by atoms with Crippen LogP contribution in [0.5, 0.6) is 0 Å². The number of carboxylic acids is 1. The highest BCUT2D eigenvalue weighted by molar-refractivity contribution is 5.79. The molecule has 1 aliphatic heterocycles. The normalized spacial score (nSPS) is 29.4. The molecule has 0 aliphatic carbocycles. The predicted octanol–water partition coefficient (Wildman–Crippen LogP) is 0.352. The highest BCUT2D eigenvalue weighted by Gasteiger charge is 2.22. The summed E-state index contributed by atoms with van der Waals surface area (Å²) in [5, 5.41) is 11.3. The molecule has 12 heavy (non-hydrogen) atoms. The molecule has 0 radical (unpaired) electrons. The summed E-state index contributed by atoms with van der Waals surface area (Å²) < 4.78 is 5.28. The highest BCUT2D eigenvalue weighted by atomic mass is 16.5. The molecule has 0 saturated carbocycles. The minimum Gasteiger partial charge on any atom is -0.478 e. The van der Waals surface area contributed by atoms with Crippen molar-refractivity contribution in [3.05, 3.63) is 12.3 Å². The molecule has 1 fully saturated rings. The van der Waals surface area contributed by atoms with Crippen molar-refractivity contribution in [2.75, 3.05) is 6.61 Å². The lowest BCUT2D eigenvalue weighted by molar-refractivity contribution is -0.131. The van der Waals surface area contributed by atoms with Crippen molar-refractivity contribution in [2.24, 2.45) is 0 Å². The first kappa shape index (κ1) is 9.06. The lowest BCUT2D eigenvalue weighted by Crippen LogP contribution is -2.30. The number of hydrogen-bond acceptors (Lipinski definition) is 3. The summed E-state index contributed by atoms with van der Waals surface area (Å²) in [6.07, 6.45) is 3.65. The Labute approximate surface area is 71.2 Å². The Morgan fingerprint density at radius 3 is 3.00 bits per heavy atom. The Kier molecular flexibility index (Phi) is 3.10. The van der Waals surface area contributed by atoms with Gasteiger partial charge in [-0.15, -0.1) is 0 Å². The van der Waals surface area contributed by atoms with Crippen molar-refractivity contribution in [1.82, 2.24) is 5.32 Å². The molecule has 1 aliphatic rings. The molecule has 2 unspecified atom stereocenters. The van der Waals surface area contributed by atoms with E-state index in [-0.39, 0.29) is 12.1 Å². The smallest absolute Gasteiger partial charge is 0.329 e. The summed E-state index contributed by atoms with van der Waals surface area (Å²) in [6.45, 7) is 2.72. The third kappa shape index (κ3) is 2.54. The van der Waals surface area contributed by atoms with E-state index in [0.717, 1.165) is 19.1 Å². The molecule has 1 saturated heterocycles. The molecular weight excluding hydrogens is 158 g/mol. The molecule has 0 spiro atoms. The van der Waals surface area contributed by atoms with Crippen LogP contribution in [0.4, 0.5) is 0 Å². The minimum atomic E-state index is -0.936. The third-order valence-corrected chi connectivity index (χ3v) is 1.91. The van der Waals surface area contributed by atoms with E-state index in [9.17, 15) is 4.79 Å². The average molecular weight is 171 g/mol. The van der Waals surface area contributed by atoms with Crippen LogP contribution < -0.4 is 5.32 Å². The fourth-order valence-electron chi connectivity index (χ4n) is 1.19. The van der Waals surface area contributed by atoms with Gasteiger partial charge in [0.15, 0.2) is 0 Å². The van der Waals surface area contributed by atoms with E-state index in [2.05, 4.69) is 5.32 Å². The van der Waals surface area contributed by atoms with Crippen LogP contribution in [0.25, 0.3) is 0 Å². The summed E-state index contributed by atoms with van der Waals surface area (Å²) in [6, 6.07) is 0.251. The summed E-state index contributed by atoms with van der Waals surface area (Å²) in [7, 11) is 0. The van der Waals surface area contributed by atoms with Crippen molar-refractivity contribution in [3.63, 3.8) is 0 Å². The van der Waals surface area contributed by atoms with E-state index in [0.29, 0.717) is 0 Å². The monoisotopic (exact) mass is 171 g/mol. The largest absolute Gasteiger partial charge is 0.478 e. The number of rotatable bonds is 3. The quantitative estimate of drug-likeness (QED) is 0.602. The second-order valence-electron chi connectivity index (χ2n) is 2.81. The van der Waals surface area contributed by atoms with Gasteiger partial charge in [-0.2, -0.15) is 0 Å². The first-order valence-corrected chi connectivity index (χ1v) is 3.97. The molecule has 0 aromatic rings. The molecule has 4 nitrogen and oxygen atoms in total. The Bertz CT molecular complexity index is 191. The molecular formula is C8H13NO3. The fourth-order valence-corrected chi connectivity index (χ4v) is 1.19. The van der Waals surface area contributed by atoms with E-state index in [1.54, 1.807) is 0 Å². The maximum Gasteiger partial charge on any atom is 0.329 e. The summed E-state index contributed by atoms with van der Waals surface area (Å²) in [5.41, 5.74) is 0. The summed E-state index contributed by atoms with van der Waals surface area (Å²) in [4.78, 5) is 10.1. The molecule has 0 bridgehead atoms. The van der Waals surface area contributed by atoms with Gasteiger partial charge in [-0.3, -0.25) is 0 Å². The molecule has 4 heteroatoms. The minimum absolute atomic E-state index is 0.170.